The Hall–Kier alpha value is -1.50. The van der Waals surface area contributed by atoms with Gasteiger partial charge in [0.1, 0.15) is 55.4 Å². The molecule has 11 atom stereocenters. The minimum absolute atomic E-state index is 0.173. The number of hydrogen-bond acceptors (Lipinski definition) is 15. The quantitative estimate of drug-likeness (QED) is 0.0277. The summed E-state index contributed by atoms with van der Waals surface area (Å²) in [5.41, 5.74) is 0. The SMILES string of the molecule is CCCCCCCCCCCCCCCC(=O)OC[C@H](CO[C@@H]1O[C@H](CO[C@H]2O[C@@H](CO)[C@H](O)[C@@H](O)[C@@H]2O)[C@@H](O)[C@H](O)[C@H]1O)OC(=O)CCCCCCCCCCCCCCC. The molecule has 0 aromatic heterocycles. The molecule has 15 nitrogen and oxygen atoms in total. The van der Waals surface area contributed by atoms with E-state index in [9.17, 15) is 45.3 Å². The van der Waals surface area contributed by atoms with Crippen LogP contribution in [0, 0.1) is 0 Å². The van der Waals surface area contributed by atoms with Gasteiger partial charge >= 0.3 is 11.9 Å². The van der Waals surface area contributed by atoms with Gasteiger partial charge in [0.2, 0.25) is 0 Å². The van der Waals surface area contributed by atoms with Crippen molar-refractivity contribution in [3.8, 4) is 0 Å². The van der Waals surface area contributed by atoms with Gasteiger partial charge in [-0.25, -0.2) is 0 Å². The van der Waals surface area contributed by atoms with E-state index >= 15 is 0 Å². The van der Waals surface area contributed by atoms with Crippen LogP contribution >= 0.6 is 0 Å². The number of esters is 2. The van der Waals surface area contributed by atoms with Gasteiger partial charge in [-0.05, 0) is 12.8 Å². The van der Waals surface area contributed by atoms with E-state index < -0.39 is 92.7 Å². The van der Waals surface area contributed by atoms with E-state index in [2.05, 4.69) is 13.8 Å². The normalized spacial score (nSPS) is 27.0. The van der Waals surface area contributed by atoms with Gasteiger partial charge in [-0.1, -0.05) is 168 Å². The van der Waals surface area contributed by atoms with Crippen molar-refractivity contribution in [2.24, 2.45) is 0 Å². The van der Waals surface area contributed by atoms with Crippen molar-refractivity contribution in [1.29, 1.82) is 0 Å². The van der Waals surface area contributed by atoms with Gasteiger partial charge in [0.15, 0.2) is 18.7 Å². The first-order valence-electron chi connectivity index (χ1n) is 24.6. The maximum Gasteiger partial charge on any atom is 0.306 e. The summed E-state index contributed by atoms with van der Waals surface area (Å²) < 4.78 is 33.5. The molecule has 62 heavy (non-hydrogen) atoms. The molecule has 15 heteroatoms. The summed E-state index contributed by atoms with van der Waals surface area (Å²) in [5, 5.41) is 71.9. The number of carbonyl (C=O) groups excluding carboxylic acids is 2. The topological polar surface area (TPSA) is 231 Å². The monoisotopic (exact) mass is 893 g/mol. The number of ether oxygens (including phenoxy) is 6. The van der Waals surface area contributed by atoms with Gasteiger partial charge in [-0.2, -0.15) is 0 Å². The van der Waals surface area contributed by atoms with Gasteiger partial charge in [0, 0.05) is 12.8 Å². The molecule has 0 radical (unpaired) electrons. The van der Waals surface area contributed by atoms with Crippen LogP contribution < -0.4 is 0 Å². The first kappa shape index (κ1) is 56.6. The Labute approximate surface area is 372 Å². The van der Waals surface area contributed by atoms with Crippen LogP contribution in [0.3, 0.4) is 0 Å². The third kappa shape index (κ3) is 24.1. The van der Waals surface area contributed by atoms with Crippen molar-refractivity contribution in [1.82, 2.24) is 0 Å². The molecular formula is C47H88O15. The van der Waals surface area contributed by atoms with Crippen molar-refractivity contribution in [3.63, 3.8) is 0 Å². The molecule has 366 valence electrons. The van der Waals surface area contributed by atoms with E-state index in [-0.39, 0.29) is 26.1 Å². The van der Waals surface area contributed by atoms with Gasteiger partial charge < -0.3 is 64.2 Å². The number of hydrogen-bond donors (Lipinski definition) is 7. The van der Waals surface area contributed by atoms with E-state index in [1.165, 1.54) is 116 Å². The summed E-state index contributed by atoms with van der Waals surface area (Å²) >= 11 is 0. The average molecular weight is 893 g/mol. The lowest BCUT2D eigenvalue weighted by Crippen LogP contribution is -2.61. The van der Waals surface area contributed by atoms with Crippen molar-refractivity contribution < 1.29 is 73.8 Å². The molecule has 2 heterocycles. The van der Waals surface area contributed by atoms with Crippen LogP contribution in [0.25, 0.3) is 0 Å². The molecule has 2 fully saturated rings. The largest absolute Gasteiger partial charge is 0.462 e. The summed E-state index contributed by atoms with van der Waals surface area (Å²) in [6.07, 6.45) is 14.2. The number of aliphatic hydroxyl groups is 7. The third-order valence-corrected chi connectivity index (χ3v) is 12.1. The van der Waals surface area contributed by atoms with E-state index in [4.69, 9.17) is 28.4 Å². The highest BCUT2D eigenvalue weighted by molar-refractivity contribution is 5.70. The van der Waals surface area contributed by atoms with Crippen LogP contribution in [0.5, 0.6) is 0 Å². The minimum Gasteiger partial charge on any atom is -0.462 e. The van der Waals surface area contributed by atoms with Gasteiger partial charge in [0.25, 0.3) is 0 Å². The average Bonchev–Trinajstić information content (AvgIpc) is 3.26. The van der Waals surface area contributed by atoms with Crippen LogP contribution in [-0.2, 0) is 38.0 Å². The van der Waals surface area contributed by atoms with Crippen LogP contribution in [0.4, 0.5) is 0 Å². The predicted molar refractivity (Wildman–Crippen MR) is 234 cm³/mol. The highest BCUT2D eigenvalue weighted by Crippen LogP contribution is 2.26. The first-order valence-corrected chi connectivity index (χ1v) is 24.6. The second kappa shape index (κ2) is 35.7. The second-order valence-electron chi connectivity index (χ2n) is 17.7. The standard InChI is InChI=1S/C47H88O15/c1-3-5-7-9-11-13-15-17-19-21-23-25-27-29-38(49)57-32-35(60-39(50)30-28-26-24-22-20-18-16-14-12-10-8-6-4-2)33-58-46-45(56)43(54)41(52)37(62-46)34-59-47-44(55)42(53)40(51)36(31-48)61-47/h35-37,40-48,51-56H,3-34H2,1-2H3/t35-,36+,37-,40+,41-,42-,43+,44+,45-,46-,47+/m1/s1. The van der Waals surface area contributed by atoms with Crippen molar-refractivity contribution >= 4 is 11.9 Å². The Balaban J connectivity index is 1.83. The van der Waals surface area contributed by atoms with Crippen LogP contribution in [0.15, 0.2) is 0 Å². The van der Waals surface area contributed by atoms with Crippen molar-refractivity contribution in [2.45, 2.75) is 261 Å². The van der Waals surface area contributed by atoms with E-state index in [0.29, 0.717) is 12.8 Å². The number of rotatable bonds is 38. The summed E-state index contributed by atoms with van der Waals surface area (Å²) in [5.74, 6) is -0.913. The van der Waals surface area contributed by atoms with E-state index in [1.54, 1.807) is 0 Å². The van der Waals surface area contributed by atoms with Gasteiger partial charge in [-0.3, -0.25) is 9.59 Å². The molecule has 2 aliphatic rings. The Morgan fingerprint density at radius 2 is 0.823 bits per heavy atom. The van der Waals surface area contributed by atoms with E-state index in [1.807, 2.05) is 0 Å². The number of aliphatic hydroxyl groups excluding tert-OH is 7. The summed E-state index contributed by atoms with van der Waals surface area (Å²) in [6, 6.07) is 0. The Kier molecular flexibility index (Phi) is 32.6. The molecule has 0 aromatic rings. The summed E-state index contributed by atoms with van der Waals surface area (Å²) in [4.78, 5) is 25.7. The molecule has 2 saturated heterocycles. The molecule has 2 aliphatic heterocycles. The molecule has 0 amide bonds. The van der Waals surface area contributed by atoms with Crippen LogP contribution in [-0.4, -0.2) is 142 Å². The van der Waals surface area contributed by atoms with Gasteiger partial charge in [-0.15, -0.1) is 0 Å². The lowest BCUT2D eigenvalue weighted by Gasteiger charge is -2.42. The molecule has 0 spiro atoms. The molecule has 0 saturated carbocycles. The molecule has 2 rings (SSSR count). The van der Waals surface area contributed by atoms with E-state index in [0.717, 1.165) is 38.5 Å². The Morgan fingerprint density at radius 3 is 1.26 bits per heavy atom. The highest BCUT2D eigenvalue weighted by Gasteiger charge is 2.47. The van der Waals surface area contributed by atoms with Gasteiger partial charge in [0.05, 0.1) is 19.8 Å². The molecular weight excluding hydrogens is 805 g/mol. The second-order valence-corrected chi connectivity index (χ2v) is 17.7. The number of unbranched alkanes of at least 4 members (excludes halogenated alkanes) is 24. The highest BCUT2D eigenvalue weighted by atomic mass is 16.7. The minimum atomic E-state index is -1.76. The Morgan fingerprint density at radius 1 is 0.452 bits per heavy atom. The lowest BCUT2D eigenvalue weighted by atomic mass is 9.98. The molecule has 0 aliphatic carbocycles. The van der Waals surface area contributed by atoms with Crippen molar-refractivity contribution in [2.75, 3.05) is 26.4 Å². The number of carbonyl (C=O) groups is 2. The zero-order valence-corrected chi connectivity index (χ0v) is 38.4. The van der Waals surface area contributed by atoms with Crippen LogP contribution in [0.2, 0.25) is 0 Å². The third-order valence-electron chi connectivity index (χ3n) is 12.1. The van der Waals surface area contributed by atoms with Crippen LogP contribution in [0.1, 0.15) is 194 Å². The summed E-state index contributed by atoms with van der Waals surface area (Å²) in [6.45, 7) is 2.60. The fourth-order valence-electron chi connectivity index (χ4n) is 7.98. The first-order chi connectivity index (χ1) is 30.0. The molecule has 0 unspecified atom stereocenters. The lowest BCUT2D eigenvalue weighted by molar-refractivity contribution is -0.332. The fourth-order valence-corrected chi connectivity index (χ4v) is 7.98. The smallest absolute Gasteiger partial charge is 0.306 e. The van der Waals surface area contributed by atoms with Crippen molar-refractivity contribution in [3.05, 3.63) is 0 Å². The molecule has 0 bridgehead atoms. The maximum atomic E-state index is 13.0. The predicted octanol–water partition coefficient (Wildman–Crippen LogP) is 6.04. The Bertz CT molecular complexity index is 1100. The zero-order valence-electron chi connectivity index (χ0n) is 38.4. The maximum absolute atomic E-state index is 13.0. The zero-order chi connectivity index (χ0) is 45.4. The molecule has 0 aromatic carbocycles. The molecule has 7 N–H and O–H groups in total. The summed E-state index contributed by atoms with van der Waals surface area (Å²) in [7, 11) is 0. The fraction of sp³-hybridized carbons (Fsp3) is 0.957.